The molecule has 1 aliphatic carbocycles. The van der Waals surface area contributed by atoms with Gasteiger partial charge in [0, 0.05) is 33.5 Å². The number of carbonyl (C=O) groups excluding carboxylic acids is 1. The van der Waals surface area contributed by atoms with Crippen LogP contribution in [0.1, 0.15) is 40.9 Å². The van der Waals surface area contributed by atoms with Crippen LogP contribution in [0.25, 0.3) is 0 Å². The molecule has 1 aromatic carbocycles. The van der Waals surface area contributed by atoms with Gasteiger partial charge in [-0.25, -0.2) is 0 Å². The smallest absolute Gasteiger partial charge is 0.251 e. The van der Waals surface area contributed by atoms with Crippen LogP contribution >= 0.6 is 27.3 Å². The summed E-state index contributed by atoms with van der Waals surface area (Å²) in [7, 11) is 2.18. The van der Waals surface area contributed by atoms with E-state index >= 15 is 0 Å². The molecule has 0 aliphatic heterocycles. The van der Waals surface area contributed by atoms with Crippen LogP contribution in [0.5, 0.6) is 0 Å². The lowest BCUT2D eigenvalue weighted by Gasteiger charge is -2.38. The van der Waals surface area contributed by atoms with Gasteiger partial charge in [0.25, 0.3) is 5.91 Å². The minimum atomic E-state index is 0.0314. The van der Waals surface area contributed by atoms with Crippen molar-refractivity contribution in [1.29, 1.82) is 0 Å². The summed E-state index contributed by atoms with van der Waals surface area (Å²) in [4.78, 5) is 16.3. The number of thiophene rings is 1. The molecule has 1 amide bonds. The number of likely N-dealkylation sites (N-methyl/N-ethyl adjacent to an activating group) is 1. The molecule has 3 nitrogen and oxygen atoms in total. The van der Waals surface area contributed by atoms with Gasteiger partial charge in [0.05, 0.1) is 0 Å². The van der Waals surface area contributed by atoms with E-state index in [-0.39, 0.29) is 11.9 Å². The predicted octanol–water partition coefficient (Wildman–Crippen LogP) is 4.68. The highest BCUT2D eigenvalue weighted by atomic mass is 79.9. The predicted molar refractivity (Wildman–Crippen MR) is 103 cm³/mol. The summed E-state index contributed by atoms with van der Waals surface area (Å²) >= 11 is 5.21. The van der Waals surface area contributed by atoms with Crippen LogP contribution in [0, 0.1) is 0 Å². The SMILES string of the molecule is CN(Cc1cccs1)[C@@H]1CCCC[C@H]1NC(=O)c1ccc(Br)cc1. The lowest BCUT2D eigenvalue weighted by atomic mass is 9.89. The second-order valence-electron chi connectivity index (χ2n) is 6.43. The Kier molecular flexibility index (Phi) is 6.09. The van der Waals surface area contributed by atoms with Gasteiger partial charge in [0.15, 0.2) is 0 Å². The summed E-state index contributed by atoms with van der Waals surface area (Å²) < 4.78 is 0.991. The van der Waals surface area contributed by atoms with Crippen LogP contribution < -0.4 is 5.32 Å². The molecular weight excluding hydrogens is 384 g/mol. The summed E-state index contributed by atoms with van der Waals surface area (Å²) in [6, 6.07) is 12.5. The number of hydrogen-bond acceptors (Lipinski definition) is 3. The average molecular weight is 407 g/mol. The Balaban J connectivity index is 1.65. The van der Waals surface area contributed by atoms with Crippen molar-refractivity contribution >= 4 is 33.2 Å². The van der Waals surface area contributed by atoms with Gasteiger partial charge in [-0.2, -0.15) is 0 Å². The topological polar surface area (TPSA) is 32.3 Å². The lowest BCUT2D eigenvalue weighted by molar-refractivity contribution is 0.0859. The summed E-state index contributed by atoms with van der Waals surface area (Å²) in [5, 5.41) is 5.39. The van der Waals surface area contributed by atoms with Gasteiger partial charge >= 0.3 is 0 Å². The van der Waals surface area contributed by atoms with Gasteiger partial charge in [-0.15, -0.1) is 11.3 Å². The fourth-order valence-corrected chi connectivity index (χ4v) is 4.46. The number of amides is 1. The first kappa shape index (κ1) is 17.6. The van der Waals surface area contributed by atoms with Crippen LogP contribution in [-0.2, 0) is 6.54 Å². The third-order valence-electron chi connectivity index (χ3n) is 4.70. The number of hydrogen-bond donors (Lipinski definition) is 1. The maximum Gasteiger partial charge on any atom is 0.251 e. The Labute approximate surface area is 156 Å². The van der Waals surface area contributed by atoms with Crippen molar-refractivity contribution in [3.8, 4) is 0 Å². The number of nitrogens with one attached hydrogen (secondary N) is 1. The molecule has 1 heterocycles. The molecule has 1 N–H and O–H groups in total. The fourth-order valence-electron chi connectivity index (χ4n) is 3.43. The Morgan fingerprint density at radius 1 is 1.25 bits per heavy atom. The average Bonchev–Trinajstić information content (AvgIpc) is 3.09. The summed E-state index contributed by atoms with van der Waals surface area (Å²) in [5.74, 6) is 0.0314. The lowest BCUT2D eigenvalue weighted by Crippen LogP contribution is -2.51. The second-order valence-corrected chi connectivity index (χ2v) is 8.38. The molecule has 3 rings (SSSR count). The molecular formula is C19H23BrN2OS. The minimum absolute atomic E-state index is 0.0314. The molecule has 128 valence electrons. The van der Waals surface area contributed by atoms with Crippen molar-refractivity contribution in [3.05, 3.63) is 56.7 Å². The minimum Gasteiger partial charge on any atom is -0.348 e. The van der Waals surface area contributed by atoms with E-state index in [0.29, 0.717) is 6.04 Å². The zero-order chi connectivity index (χ0) is 16.9. The van der Waals surface area contributed by atoms with E-state index in [0.717, 1.165) is 29.4 Å². The van der Waals surface area contributed by atoms with Crippen LogP contribution in [0.3, 0.4) is 0 Å². The number of nitrogens with zero attached hydrogens (tertiary/aromatic N) is 1. The van der Waals surface area contributed by atoms with Gasteiger partial charge in [-0.05, 0) is 55.6 Å². The second kappa shape index (κ2) is 8.28. The highest BCUT2D eigenvalue weighted by Gasteiger charge is 2.29. The molecule has 1 fully saturated rings. The molecule has 1 saturated carbocycles. The van der Waals surface area contributed by atoms with Gasteiger partial charge in [-0.3, -0.25) is 9.69 Å². The van der Waals surface area contributed by atoms with Crippen molar-refractivity contribution in [2.45, 2.75) is 44.3 Å². The van der Waals surface area contributed by atoms with Gasteiger partial charge in [0.2, 0.25) is 0 Å². The van der Waals surface area contributed by atoms with Gasteiger partial charge < -0.3 is 5.32 Å². The van der Waals surface area contributed by atoms with Gasteiger partial charge in [0.1, 0.15) is 0 Å². The number of halogens is 1. The van der Waals surface area contributed by atoms with E-state index in [9.17, 15) is 4.79 Å². The Bertz CT molecular complexity index is 657. The molecule has 24 heavy (non-hydrogen) atoms. The Morgan fingerprint density at radius 3 is 2.71 bits per heavy atom. The zero-order valence-corrected chi connectivity index (χ0v) is 16.3. The fraction of sp³-hybridized carbons (Fsp3) is 0.421. The maximum atomic E-state index is 12.6. The third-order valence-corrected chi connectivity index (χ3v) is 6.09. The monoisotopic (exact) mass is 406 g/mol. The summed E-state index contributed by atoms with van der Waals surface area (Å²) in [6.45, 7) is 0.951. The molecule has 1 aromatic heterocycles. The van der Waals surface area contributed by atoms with Crippen molar-refractivity contribution in [1.82, 2.24) is 10.2 Å². The van der Waals surface area contributed by atoms with E-state index < -0.39 is 0 Å². The molecule has 0 bridgehead atoms. The molecule has 0 radical (unpaired) electrons. The molecule has 1 aliphatic rings. The van der Waals surface area contributed by atoms with Crippen LogP contribution in [0.4, 0.5) is 0 Å². The van der Waals surface area contributed by atoms with Crippen LogP contribution in [0.2, 0.25) is 0 Å². The van der Waals surface area contributed by atoms with E-state index in [1.54, 1.807) is 11.3 Å². The van der Waals surface area contributed by atoms with E-state index in [4.69, 9.17) is 0 Å². The van der Waals surface area contributed by atoms with Crippen LogP contribution in [0.15, 0.2) is 46.3 Å². The molecule has 2 aromatic rings. The van der Waals surface area contributed by atoms with Gasteiger partial charge in [-0.1, -0.05) is 34.8 Å². The normalized spacial score (nSPS) is 21.0. The number of benzene rings is 1. The molecule has 5 heteroatoms. The number of rotatable bonds is 5. The Morgan fingerprint density at radius 2 is 2.00 bits per heavy atom. The summed E-state index contributed by atoms with van der Waals surface area (Å²) in [5.41, 5.74) is 0.725. The third kappa shape index (κ3) is 4.47. The first-order valence-electron chi connectivity index (χ1n) is 8.42. The molecule has 2 atom stereocenters. The van der Waals surface area contributed by atoms with Crippen molar-refractivity contribution in [2.24, 2.45) is 0 Å². The summed E-state index contributed by atoms with van der Waals surface area (Å²) in [6.07, 6.45) is 4.63. The molecule has 0 spiro atoms. The zero-order valence-electron chi connectivity index (χ0n) is 13.9. The quantitative estimate of drug-likeness (QED) is 0.781. The van der Waals surface area contributed by atoms with E-state index in [2.05, 4.69) is 50.7 Å². The maximum absolute atomic E-state index is 12.6. The number of carbonyl (C=O) groups is 1. The highest BCUT2D eigenvalue weighted by molar-refractivity contribution is 9.10. The first-order valence-corrected chi connectivity index (χ1v) is 10.1. The first-order chi connectivity index (χ1) is 11.6. The van der Waals surface area contributed by atoms with E-state index in [1.165, 1.54) is 17.7 Å². The standard InChI is InChI=1S/C19H23BrN2OS/c1-22(13-16-5-4-12-24-16)18-7-3-2-6-17(18)21-19(23)14-8-10-15(20)11-9-14/h4-5,8-12,17-18H,2-3,6-7,13H2,1H3,(H,21,23)/t17-,18-/m1/s1. The van der Waals surface area contributed by atoms with E-state index in [1.807, 2.05) is 24.3 Å². The largest absolute Gasteiger partial charge is 0.348 e. The molecule has 0 saturated heterocycles. The van der Waals surface area contributed by atoms with Crippen molar-refractivity contribution in [3.63, 3.8) is 0 Å². The van der Waals surface area contributed by atoms with Crippen molar-refractivity contribution < 1.29 is 4.79 Å². The highest BCUT2D eigenvalue weighted by Crippen LogP contribution is 2.25. The van der Waals surface area contributed by atoms with Crippen LogP contribution in [-0.4, -0.2) is 29.9 Å². The van der Waals surface area contributed by atoms with Crippen molar-refractivity contribution in [2.75, 3.05) is 7.05 Å². The molecule has 0 unspecified atom stereocenters. The Hall–Kier alpha value is -1.17.